The van der Waals surface area contributed by atoms with Crippen LogP contribution in [0.5, 0.6) is 17.2 Å². The van der Waals surface area contributed by atoms with Crippen LogP contribution < -0.4 is 19.5 Å². The molecular formula is C14H20Cl2F2N2O3. The van der Waals surface area contributed by atoms with Crippen LogP contribution in [0.2, 0.25) is 0 Å². The highest BCUT2D eigenvalue weighted by Gasteiger charge is 2.32. The molecule has 2 aliphatic rings. The van der Waals surface area contributed by atoms with Crippen LogP contribution in [0.4, 0.5) is 8.78 Å². The molecule has 0 aliphatic carbocycles. The minimum absolute atomic E-state index is 0. The molecule has 2 heterocycles. The number of piperazine rings is 1. The van der Waals surface area contributed by atoms with Crippen molar-refractivity contribution in [1.29, 1.82) is 0 Å². The summed E-state index contributed by atoms with van der Waals surface area (Å²) in [5.74, 6) is 1.38. The molecule has 9 heteroatoms. The van der Waals surface area contributed by atoms with Crippen molar-refractivity contribution in [3.63, 3.8) is 0 Å². The number of benzene rings is 1. The molecule has 0 aromatic heterocycles. The van der Waals surface area contributed by atoms with Gasteiger partial charge in [0.05, 0.1) is 13.2 Å². The fourth-order valence-electron chi connectivity index (χ4n) is 2.80. The summed E-state index contributed by atoms with van der Waals surface area (Å²) in [6.07, 6.45) is -2.48. The van der Waals surface area contributed by atoms with Gasteiger partial charge in [0.1, 0.15) is 0 Å². The van der Waals surface area contributed by atoms with Gasteiger partial charge in [0.15, 0.2) is 11.5 Å². The Kier molecular flexibility index (Phi) is 7.60. The second-order valence-electron chi connectivity index (χ2n) is 5.02. The predicted molar refractivity (Wildman–Crippen MR) is 86.8 cm³/mol. The molecule has 1 atom stereocenters. The van der Waals surface area contributed by atoms with Crippen LogP contribution in [0, 0.1) is 0 Å². The average Bonchev–Trinajstić information content (AvgIpc) is 2.95. The maximum atomic E-state index is 13.6. The van der Waals surface area contributed by atoms with Crippen molar-refractivity contribution in [2.45, 2.75) is 12.5 Å². The third-order valence-electron chi connectivity index (χ3n) is 3.81. The first-order valence-electron chi connectivity index (χ1n) is 6.91. The zero-order chi connectivity index (χ0) is 14.8. The van der Waals surface area contributed by atoms with Crippen LogP contribution in [-0.4, -0.2) is 51.4 Å². The number of nitrogens with one attached hydrogen (secondary N) is 1. The van der Waals surface area contributed by atoms with E-state index >= 15 is 0 Å². The Balaban J connectivity index is 0.00000132. The van der Waals surface area contributed by atoms with Crippen molar-refractivity contribution in [2.24, 2.45) is 0 Å². The number of alkyl halides is 2. The molecule has 0 unspecified atom stereocenters. The number of rotatable bonds is 4. The van der Waals surface area contributed by atoms with E-state index in [9.17, 15) is 8.78 Å². The third kappa shape index (κ3) is 4.09. The van der Waals surface area contributed by atoms with Crippen LogP contribution >= 0.6 is 24.8 Å². The minimum Gasteiger partial charge on any atom is -0.493 e. The molecule has 132 valence electrons. The van der Waals surface area contributed by atoms with Gasteiger partial charge in [-0.2, -0.15) is 0 Å². The quantitative estimate of drug-likeness (QED) is 0.879. The molecule has 0 radical (unpaired) electrons. The zero-order valence-corrected chi connectivity index (χ0v) is 14.2. The first kappa shape index (κ1) is 20.0. The smallest absolute Gasteiger partial charge is 0.258 e. The summed E-state index contributed by atoms with van der Waals surface area (Å²) in [5.41, 5.74) is 0.494. The van der Waals surface area contributed by atoms with Gasteiger partial charge in [-0.15, -0.1) is 24.8 Å². The molecule has 0 amide bonds. The first-order chi connectivity index (χ1) is 10.2. The molecule has 0 spiro atoms. The van der Waals surface area contributed by atoms with E-state index in [2.05, 4.69) is 5.32 Å². The lowest BCUT2D eigenvalue weighted by Gasteiger charge is -2.34. The number of halogens is 4. The molecule has 2 aliphatic heterocycles. The summed E-state index contributed by atoms with van der Waals surface area (Å²) in [7, 11) is 1.49. The van der Waals surface area contributed by atoms with Gasteiger partial charge in [-0.1, -0.05) is 0 Å². The van der Waals surface area contributed by atoms with E-state index in [0.29, 0.717) is 49.0 Å². The van der Waals surface area contributed by atoms with Crippen molar-refractivity contribution in [3.8, 4) is 17.2 Å². The highest BCUT2D eigenvalue weighted by molar-refractivity contribution is 5.85. The molecule has 1 saturated heterocycles. The van der Waals surface area contributed by atoms with E-state index in [-0.39, 0.29) is 31.6 Å². The highest BCUT2D eigenvalue weighted by Crippen LogP contribution is 2.44. The number of hydrogen-bond acceptors (Lipinski definition) is 5. The van der Waals surface area contributed by atoms with E-state index in [1.54, 1.807) is 17.0 Å². The number of hydrogen-bond donors (Lipinski definition) is 1. The highest BCUT2D eigenvalue weighted by atomic mass is 35.5. The molecule has 0 bridgehead atoms. The van der Waals surface area contributed by atoms with Crippen LogP contribution in [0.3, 0.4) is 0 Å². The lowest BCUT2D eigenvalue weighted by Crippen LogP contribution is -2.46. The van der Waals surface area contributed by atoms with Crippen molar-refractivity contribution < 1.29 is 23.0 Å². The Morgan fingerprint density at radius 3 is 2.48 bits per heavy atom. The molecule has 0 saturated carbocycles. The van der Waals surface area contributed by atoms with Gasteiger partial charge in [0.2, 0.25) is 12.5 Å². The van der Waals surface area contributed by atoms with Gasteiger partial charge in [-0.3, -0.25) is 4.90 Å². The van der Waals surface area contributed by atoms with Crippen LogP contribution in [0.25, 0.3) is 0 Å². The number of nitrogens with zero attached hydrogens (tertiary/aromatic N) is 1. The second-order valence-corrected chi connectivity index (χ2v) is 5.02. The van der Waals surface area contributed by atoms with Gasteiger partial charge in [-0.25, -0.2) is 8.78 Å². The average molecular weight is 373 g/mol. The Labute approximate surface area is 146 Å². The van der Waals surface area contributed by atoms with Gasteiger partial charge in [0, 0.05) is 26.2 Å². The Hall–Kier alpha value is -1.02. The summed E-state index contributed by atoms with van der Waals surface area (Å²) in [5, 5.41) is 3.17. The number of fused-ring (bicyclic) bond motifs is 1. The van der Waals surface area contributed by atoms with E-state index in [0.717, 1.165) is 0 Å². The molecule has 1 N–H and O–H groups in total. The summed E-state index contributed by atoms with van der Waals surface area (Å²) in [4.78, 5) is 1.79. The molecule has 1 aromatic carbocycles. The lowest BCUT2D eigenvalue weighted by atomic mass is 10.0. The predicted octanol–water partition coefficient (Wildman–Crippen LogP) is 2.48. The molecule has 23 heavy (non-hydrogen) atoms. The Morgan fingerprint density at radius 2 is 1.87 bits per heavy atom. The maximum absolute atomic E-state index is 13.6. The van der Waals surface area contributed by atoms with E-state index < -0.39 is 12.5 Å². The van der Waals surface area contributed by atoms with Crippen LogP contribution in [0.1, 0.15) is 11.6 Å². The van der Waals surface area contributed by atoms with Crippen molar-refractivity contribution >= 4 is 24.8 Å². The normalized spacial score (nSPS) is 18.1. The standard InChI is InChI=1S/C14H18F2N2O3.2ClH/c1-19-10-6-9(7-11-13(10)21-8-20-11)12(14(15)16)18-4-2-17-3-5-18;;/h6-7,12,14,17H,2-5,8H2,1H3;2*1H/t12-;;/m0../s1. The van der Waals surface area contributed by atoms with E-state index in [1.165, 1.54) is 7.11 Å². The monoisotopic (exact) mass is 372 g/mol. The Morgan fingerprint density at radius 1 is 1.17 bits per heavy atom. The largest absolute Gasteiger partial charge is 0.493 e. The molecule has 3 rings (SSSR count). The Bertz CT molecular complexity index is 517. The third-order valence-corrected chi connectivity index (χ3v) is 3.81. The van der Waals surface area contributed by atoms with Gasteiger partial charge < -0.3 is 19.5 Å². The SMILES string of the molecule is COc1cc([C@@H](C(F)F)N2CCNCC2)cc2c1OCO2.Cl.Cl. The van der Waals surface area contributed by atoms with Gasteiger partial charge in [-0.05, 0) is 17.7 Å². The van der Waals surface area contributed by atoms with Crippen molar-refractivity contribution in [3.05, 3.63) is 17.7 Å². The lowest BCUT2D eigenvalue weighted by molar-refractivity contribution is 0.0180. The fraction of sp³-hybridized carbons (Fsp3) is 0.571. The number of methoxy groups -OCH3 is 1. The van der Waals surface area contributed by atoms with Gasteiger partial charge in [0.25, 0.3) is 6.43 Å². The maximum Gasteiger partial charge on any atom is 0.258 e. The summed E-state index contributed by atoms with van der Waals surface area (Å²) < 4.78 is 43.0. The number of ether oxygens (including phenoxy) is 3. The first-order valence-corrected chi connectivity index (χ1v) is 6.91. The topological polar surface area (TPSA) is 43.0 Å². The second kappa shape index (κ2) is 8.73. The van der Waals surface area contributed by atoms with Crippen molar-refractivity contribution in [2.75, 3.05) is 40.1 Å². The van der Waals surface area contributed by atoms with Crippen LogP contribution in [0.15, 0.2) is 12.1 Å². The molecular weight excluding hydrogens is 353 g/mol. The van der Waals surface area contributed by atoms with E-state index in [4.69, 9.17) is 14.2 Å². The van der Waals surface area contributed by atoms with E-state index in [1.807, 2.05) is 0 Å². The van der Waals surface area contributed by atoms with Gasteiger partial charge >= 0.3 is 0 Å². The van der Waals surface area contributed by atoms with Crippen molar-refractivity contribution in [1.82, 2.24) is 10.2 Å². The van der Waals surface area contributed by atoms with Crippen LogP contribution in [-0.2, 0) is 0 Å². The minimum atomic E-state index is -2.48. The summed E-state index contributed by atoms with van der Waals surface area (Å²) in [6.45, 7) is 2.69. The molecule has 1 aromatic rings. The molecule has 1 fully saturated rings. The zero-order valence-electron chi connectivity index (χ0n) is 12.6. The fourth-order valence-corrected chi connectivity index (χ4v) is 2.80. The summed E-state index contributed by atoms with van der Waals surface area (Å²) >= 11 is 0. The molecule has 5 nitrogen and oxygen atoms in total. The summed E-state index contributed by atoms with van der Waals surface area (Å²) in [6, 6.07) is 2.28.